The molecule has 3 amide bonds. The molecule has 40 heavy (non-hydrogen) atoms. The van der Waals surface area contributed by atoms with Gasteiger partial charge in [0.25, 0.3) is 0 Å². The lowest BCUT2D eigenvalue weighted by Gasteiger charge is -2.37. The number of aryl methyl sites for hydroxylation is 1. The van der Waals surface area contributed by atoms with Gasteiger partial charge in [0.2, 0.25) is 5.91 Å². The molecular weight excluding hydrogens is 510 g/mol. The largest absolute Gasteiger partial charge is 0.465 e. The predicted molar refractivity (Wildman–Crippen MR) is 154 cm³/mol. The lowest BCUT2D eigenvalue weighted by Crippen LogP contribution is -2.52. The second kappa shape index (κ2) is 14.2. The Hall–Kier alpha value is -3.47. The summed E-state index contributed by atoms with van der Waals surface area (Å²) in [6, 6.07) is 14.7. The molecule has 2 heterocycles. The number of benzene rings is 2. The Labute approximate surface area is 236 Å². The number of urea groups is 1. The quantitative estimate of drug-likeness (QED) is 0.358. The lowest BCUT2D eigenvalue weighted by molar-refractivity contribution is -0.145. The van der Waals surface area contributed by atoms with E-state index in [1.54, 1.807) is 0 Å². The van der Waals surface area contributed by atoms with Crippen molar-refractivity contribution in [2.45, 2.75) is 39.2 Å². The number of carbonyl (C=O) groups is 3. The first-order valence-corrected chi connectivity index (χ1v) is 14.1. The molecule has 4 rings (SSSR count). The number of nitrogens with one attached hydrogen (secondary N) is 1. The number of esters is 1. The molecule has 1 N–H and O–H groups in total. The lowest BCUT2D eigenvalue weighted by atomic mass is 10.1. The van der Waals surface area contributed by atoms with Crippen molar-refractivity contribution in [3.05, 3.63) is 59.7 Å². The molecule has 0 aliphatic carbocycles. The average molecular weight is 552 g/mol. The molecule has 0 bridgehead atoms. The molecule has 10 heteroatoms. The fourth-order valence-corrected chi connectivity index (χ4v) is 5.41. The maximum Gasteiger partial charge on any atom is 0.350 e. The summed E-state index contributed by atoms with van der Waals surface area (Å²) in [6.45, 7) is 9.56. The van der Waals surface area contributed by atoms with Gasteiger partial charge < -0.3 is 15.0 Å². The molecule has 2 aromatic rings. The third-order valence-corrected chi connectivity index (χ3v) is 7.55. The SMILES string of the molecule is CCOC(=O)CN1CCN(CC2CCCN2C(=O)Cc2ccc(NC(=O)N(OC)c3ccccc3C)cc2)CC1. The van der Waals surface area contributed by atoms with Gasteiger partial charge in [-0.1, -0.05) is 30.3 Å². The molecule has 0 spiro atoms. The summed E-state index contributed by atoms with van der Waals surface area (Å²) in [5.74, 6) is -0.0384. The standard InChI is InChI=1S/C30H41N5O5/c1-4-40-29(37)22-33-18-16-32(17-19-33)21-26-9-7-15-34(26)28(36)20-24-11-13-25(14-12-24)31-30(38)35(39-3)27-10-6-5-8-23(27)2/h5-6,8,10-14,26H,4,7,9,15-22H2,1-3H3,(H,31,38). The van der Waals surface area contributed by atoms with Crippen LogP contribution in [0.3, 0.4) is 0 Å². The highest BCUT2D eigenvalue weighted by atomic mass is 16.7. The minimum Gasteiger partial charge on any atom is -0.465 e. The van der Waals surface area contributed by atoms with Crippen molar-refractivity contribution in [2.24, 2.45) is 0 Å². The first-order valence-electron chi connectivity index (χ1n) is 14.1. The Morgan fingerprint density at radius 1 is 0.975 bits per heavy atom. The van der Waals surface area contributed by atoms with Gasteiger partial charge in [0.05, 0.1) is 32.4 Å². The number of hydroxylamine groups is 1. The van der Waals surface area contributed by atoms with Crippen molar-refractivity contribution < 1.29 is 24.0 Å². The zero-order chi connectivity index (χ0) is 28.5. The van der Waals surface area contributed by atoms with Crippen LogP contribution in [0.5, 0.6) is 0 Å². The maximum atomic E-state index is 13.2. The number of para-hydroxylation sites is 1. The normalized spacial score (nSPS) is 18.0. The number of anilines is 2. The number of piperazine rings is 1. The number of ether oxygens (including phenoxy) is 1. The number of likely N-dealkylation sites (tertiary alicyclic amines) is 1. The molecule has 0 saturated carbocycles. The molecule has 216 valence electrons. The van der Waals surface area contributed by atoms with Crippen LogP contribution in [0.4, 0.5) is 16.2 Å². The van der Waals surface area contributed by atoms with Crippen molar-refractivity contribution >= 4 is 29.3 Å². The van der Waals surface area contributed by atoms with Gasteiger partial charge in [-0.25, -0.2) is 4.79 Å². The summed E-state index contributed by atoms with van der Waals surface area (Å²) in [5.41, 5.74) is 3.12. The highest BCUT2D eigenvalue weighted by molar-refractivity contribution is 6.00. The van der Waals surface area contributed by atoms with Gasteiger partial charge in [0.15, 0.2) is 0 Å². The van der Waals surface area contributed by atoms with E-state index in [0.717, 1.165) is 63.2 Å². The van der Waals surface area contributed by atoms with Crippen molar-refractivity contribution in [3.8, 4) is 0 Å². The van der Waals surface area contributed by atoms with E-state index in [4.69, 9.17) is 9.57 Å². The Morgan fingerprint density at radius 2 is 1.68 bits per heavy atom. The average Bonchev–Trinajstić information content (AvgIpc) is 3.41. The van der Waals surface area contributed by atoms with E-state index in [1.165, 1.54) is 12.2 Å². The molecule has 10 nitrogen and oxygen atoms in total. The van der Waals surface area contributed by atoms with Crippen molar-refractivity contribution in [1.29, 1.82) is 0 Å². The van der Waals surface area contributed by atoms with Crippen LogP contribution in [0.2, 0.25) is 0 Å². The van der Waals surface area contributed by atoms with E-state index in [0.29, 0.717) is 30.9 Å². The second-order valence-corrected chi connectivity index (χ2v) is 10.3. The van der Waals surface area contributed by atoms with Crippen LogP contribution in [0.25, 0.3) is 0 Å². The van der Waals surface area contributed by atoms with Crippen LogP contribution in [0.15, 0.2) is 48.5 Å². The second-order valence-electron chi connectivity index (χ2n) is 10.3. The molecule has 1 unspecified atom stereocenters. The van der Waals surface area contributed by atoms with Gasteiger partial charge in [-0.2, -0.15) is 5.06 Å². The fourth-order valence-electron chi connectivity index (χ4n) is 5.41. The molecule has 1 atom stereocenters. The summed E-state index contributed by atoms with van der Waals surface area (Å²) in [5, 5.41) is 4.08. The first kappa shape index (κ1) is 29.5. The topological polar surface area (TPSA) is 94.7 Å². The monoisotopic (exact) mass is 551 g/mol. The zero-order valence-electron chi connectivity index (χ0n) is 23.8. The molecule has 2 aliphatic heterocycles. The maximum absolute atomic E-state index is 13.2. The van der Waals surface area contributed by atoms with Crippen LogP contribution in [-0.2, 0) is 25.6 Å². The molecule has 2 aromatic carbocycles. The minimum atomic E-state index is -0.401. The molecule has 0 aromatic heterocycles. The third kappa shape index (κ3) is 7.80. The van der Waals surface area contributed by atoms with E-state index < -0.39 is 6.03 Å². The fraction of sp³-hybridized carbons (Fsp3) is 0.500. The van der Waals surface area contributed by atoms with E-state index in [-0.39, 0.29) is 17.9 Å². The summed E-state index contributed by atoms with van der Waals surface area (Å²) < 4.78 is 5.06. The van der Waals surface area contributed by atoms with Crippen molar-refractivity contribution in [1.82, 2.24) is 14.7 Å². The smallest absolute Gasteiger partial charge is 0.350 e. The highest BCUT2D eigenvalue weighted by Crippen LogP contribution is 2.23. The Bertz CT molecular complexity index is 1150. The van der Waals surface area contributed by atoms with Gasteiger partial charge in [-0.05, 0) is 56.0 Å². The molecule has 2 fully saturated rings. The van der Waals surface area contributed by atoms with E-state index in [9.17, 15) is 14.4 Å². The zero-order valence-corrected chi connectivity index (χ0v) is 23.8. The Kier molecular flexibility index (Phi) is 10.5. The highest BCUT2D eigenvalue weighted by Gasteiger charge is 2.31. The minimum absolute atomic E-state index is 0.130. The summed E-state index contributed by atoms with van der Waals surface area (Å²) in [7, 11) is 1.46. The molecule has 0 radical (unpaired) electrons. The summed E-state index contributed by atoms with van der Waals surface area (Å²) >= 11 is 0. The number of hydrogen-bond acceptors (Lipinski definition) is 7. The predicted octanol–water partition coefficient (Wildman–Crippen LogP) is 3.31. The number of hydrogen-bond donors (Lipinski definition) is 1. The number of amides is 3. The van der Waals surface area contributed by atoms with E-state index in [1.807, 2.05) is 67.3 Å². The van der Waals surface area contributed by atoms with Gasteiger partial charge in [-0.15, -0.1) is 0 Å². The van der Waals surface area contributed by atoms with Crippen molar-refractivity contribution in [3.63, 3.8) is 0 Å². The van der Waals surface area contributed by atoms with Crippen LogP contribution in [0, 0.1) is 6.92 Å². The van der Waals surface area contributed by atoms with Gasteiger partial charge in [-0.3, -0.25) is 24.2 Å². The van der Waals surface area contributed by atoms with Crippen LogP contribution in [0.1, 0.15) is 30.9 Å². The summed E-state index contributed by atoms with van der Waals surface area (Å²) in [4.78, 5) is 49.7. The summed E-state index contributed by atoms with van der Waals surface area (Å²) in [6.07, 6.45) is 2.35. The van der Waals surface area contributed by atoms with Gasteiger partial charge in [0.1, 0.15) is 0 Å². The van der Waals surface area contributed by atoms with Crippen LogP contribution in [-0.4, -0.2) is 98.2 Å². The van der Waals surface area contributed by atoms with Gasteiger partial charge >= 0.3 is 12.0 Å². The van der Waals surface area contributed by atoms with Crippen molar-refractivity contribution in [2.75, 3.05) is 69.9 Å². The third-order valence-electron chi connectivity index (χ3n) is 7.55. The Morgan fingerprint density at radius 3 is 2.35 bits per heavy atom. The Balaban J connectivity index is 1.26. The molecular formula is C30H41N5O5. The number of carbonyl (C=O) groups excluding carboxylic acids is 3. The van der Waals surface area contributed by atoms with Gasteiger partial charge in [0, 0.05) is 51.0 Å². The van der Waals surface area contributed by atoms with Crippen LogP contribution >= 0.6 is 0 Å². The molecule has 2 saturated heterocycles. The van der Waals surface area contributed by atoms with E-state index in [2.05, 4.69) is 15.1 Å². The van der Waals surface area contributed by atoms with E-state index >= 15 is 0 Å². The molecule has 2 aliphatic rings. The van der Waals surface area contributed by atoms with Crippen LogP contribution < -0.4 is 10.4 Å². The first-order chi connectivity index (χ1) is 19.4. The number of nitrogens with zero attached hydrogens (tertiary/aromatic N) is 4. The number of rotatable bonds is 10.